The van der Waals surface area contributed by atoms with Crippen molar-refractivity contribution in [3.05, 3.63) is 18.1 Å². The normalized spacial score (nSPS) is 23.5. The minimum Gasteiger partial charge on any atom is -0.492 e. The Labute approximate surface area is 159 Å². The maximum Gasteiger partial charge on any atom is 0.437 e. The molecule has 0 saturated carbocycles. The number of ether oxygens (including phenoxy) is 1. The topological polar surface area (TPSA) is 79.5 Å². The molecule has 4 heterocycles. The molecular formula is C17H21F3N6O2. The van der Waals surface area contributed by atoms with Crippen molar-refractivity contribution in [2.45, 2.75) is 31.3 Å². The van der Waals surface area contributed by atoms with Gasteiger partial charge >= 0.3 is 6.18 Å². The van der Waals surface area contributed by atoms with E-state index in [0.29, 0.717) is 5.56 Å². The summed E-state index contributed by atoms with van der Waals surface area (Å²) in [4.78, 5) is 11.7. The van der Waals surface area contributed by atoms with Crippen LogP contribution in [0.15, 0.2) is 12.4 Å². The number of β-amino-alcohol motifs (C(OH)–C–C–N with tert-alkyl or cyclic N) is 1. The number of aliphatic hydroxyl groups excluding tert-OH is 1. The van der Waals surface area contributed by atoms with Crippen LogP contribution in [0.25, 0.3) is 11.3 Å². The number of likely N-dealkylation sites (tertiary alicyclic amines) is 1. The molecule has 1 N–H and O–H groups in total. The lowest BCUT2D eigenvalue weighted by Crippen LogP contribution is -2.59. The van der Waals surface area contributed by atoms with E-state index in [0.717, 1.165) is 13.1 Å². The highest BCUT2D eigenvalue weighted by atomic mass is 19.4. The van der Waals surface area contributed by atoms with E-state index in [4.69, 9.17) is 4.74 Å². The summed E-state index contributed by atoms with van der Waals surface area (Å²) in [6.45, 7) is 3.53. The van der Waals surface area contributed by atoms with Crippen LogP contribution in [0.2, 0.25) is 0 Å². The number of alkyl halides is 3. The van der Waals surface area contributed by atoms with Crippen LogP contribution < -0.4 is 9.64 Å². The highest BCUT2D eigenvalue weighted by Gasteiger charge is 2.42. The van der Waals surface area contributed by atoms with E-state index in [-0.39, 0.29) is 30.3 Å². The van der Waals surface area contributed by atoms with Gasteiger partial charge in [0.2, 0.25) is 5.95 Å². The number of methoxy groups -OCH3 is 1. The molecule has 11 heteroatoms. The lowest BCUT2D eigenvalue weighted by molar-refractivity contribution is -0.142. The van der Waals surface area contributed by atoms with Gasteiger partial charge in [0.05, 0.1) is 31.5 Å². The molecule has 0 amide bonds. The average Bonchev–Trinajstić information content (AvgIpc) is 3.10. The van der Waals surface area contributed by atoms with Gasteiger partial charge in [-0.25, -0.2) is 9.97 Å². The first kappa shape index (κ1) is 18.9. The van der Waals surface area contributed by atoms with E-state index in [2.05, 4.69) is 20.0 Å². The first-order valence-electron chi connectivity index (χ1n) is 8.90. The Bertz CT molecular complexity index is 880. The molecule has 2 fully saturated rings. The van der Waals surface area contributed by atoms with E-state index in [1.54, 1.807) is 17.8 Å². The first-order valence-corrected chi connectivity index (χ1v) is 8.90. The minimum atomic E-state index is -4.71. The van der Waals surface area contributed by atoms with Crippen molar-refractivity contribution >= 4 is 5.95 Å². The molecule has 2 aromatic heterocycles. The molecule has 2 aromatic rings. The minimum absolute atomic E-state index is 0.0346. The molecule has 152 valence electrons. The summed E-state index contributed by atoms with van der Waals surface area (Å²) in [7, 11) is 3.15. The fourth-order valence-corrected chi connectivity index (χ4v) is 3.50. The van der Waals surface area contributed by atoms with Crippen molar-refractivity contribution in [2.24, 2.45) is 0 Å². The third-order valence-electron chi connectivity index (χ3n) is 5.31. The number of likely N-dealkylation sites (N-methyl/N-ethyl adjacent to an activating group) is 1. The van der Waals surface area contributed by atoms with Gasteiger partial charge < -0.3 is 19.6 Å². The Hall–Kier alpha value is -2.40. The predicted molar refractivity (Wildman–Crippen MR) is 94.2 cm³/mol. The largest absolute Gasteiger partial charge is 0.492 e. The maximum atomic E-state index is 13.6. The number of aliphatic hydroxyl groups is 1. The molecule has 0 spiro atoms. The zero-order valence-corrected chi connectivity index (χ0v) is 15.7. The Balaban J connectivity index is 1.78. The number of rotatable bonds is 4. The second kappa shape index (κ2) is 6.59. The van der Waals surface area contributed by atoms with Crippen molar-refractivity contribution < 1.29 is 23.0 Å². The second-order valence-electron chi connectivity index (χ2n) is 7.30. The summed E-state index contributed by atoms with van der Waals surface area (Å²) in [5.41, 5.74) is -0.679. The summed E-state index contributed by atoms with van der Waals surface area (Å²) < 4.78 is 47.7. The number of hydrogen-bond acceptors (Lipinski definition) is 7. The van der Waals surface area contributed by atoms with Gasteiger partial charge in [0.15, 0.2) is 11.4 Å². The van der Waals surface area contributed by atoms with E-state index in [1.807, 2.05) is 7.05 Å². The van der Waals surface area contributed by atoms with Gasteiger partial charge in [0.1, 0.15) is 5.69 Å². The van der Waals surface area contributed by atoms with E-state index >= 15 is 0 Å². The number of hydrogen-bond donors (Lipinski definition) is 1. The number of nitrogens with zero attached hydrogens (tertiary/aromatic N) is 6. The van der Waals surface area contributed by atoms with Crippen LogP contribution in [0.4, 0.5) is 19.1 Å². The van der Waals surface area contributed by atoms with Gasteiger partial charge in [-0.1, -0.05) is 0 Å². The standard InChI is InChI=1S/C17H21F3N6O2/c1-9-12(27)8-25(9)16-22-13(14(28-3)15(23-16)17(18,19)20)10-4-21-26(5-10)11-6-24(2)7-11/h4-5,9,11-12,27H,6-8H2,1-3H3/t9-,12+/m0/s1. The number of aromatic nitrogens is 4. The molecule has 2 atom stereocenters. The third kappa shape index (κ3) is 3.08. The van der Waals surface area contributed by atoms with Crippen molar-refractivity contribution in [2.75, 3.05) is 38.7 Å². The van der Waals surface area contributed by atoms with Crippen molar-refractivity contribution in [3.63, 3.8) is 0 Å². The SMILES string of the molecule is COc1c(-c2cnn(C3CN(C)C3)c2)nc(N2C[C@@H](O)[C@@H]2C)nc1C(F)(F)F. The average molecular weight is 398 g/mol. The van der Waals surface area contributed by atoms with E-state index < -0.39 is 23.7 Å². The highest BCUT2D eigenvalue weighted by Crippen LogP contribution is 2.42. The lowest BCUT2D eigenvalue weighted by atomic mass is 10.0. The van der Waals surface area contributed by atoms with Crippen LogP contribution in [-0.2, 0) is 6.18 Å². The van der Waals surface area contributed by atoms with Gasteiger partial charge in [-0.05, 0) is 14.0 Å². The van der Waals surface area contributed by atoms with Gasteiger partial charge in [-0.15, -0.1) is 0 Å². The summed E-state index contributed by atoms with van der Waals surface area (Å²) in [5, 5.41) is 14.0. The molecule has 0 bridgehead atoms. The van der Waals surface area contributed by atoms with Crippen LogP contribution in [0.5, 0.6) is 5.75 Å². The fourth-order valence-electron chi connectivity index (χ4n) is 3.50. The first-order chi connectivity index (χ1) is 13.2. The van der Waals surface area contributed by atoms with Gasteiger partial charge in [-0.3, -0.25) is 4.68 Å². The number of anilines is 1. The zero-order valence-electron chi connectivity index (χ0n) is 15.7. The molecule has 4 rings (SSSR count). The van der Waals surface area contributed by atoms with Crippen molar-refractivity contribution in [1.29, 1.82) is 0 Å². The Morgan fingerprint density at radius 1 is 1.21 bits per heavy atom. The van der Waals surface area contributed by atoms with Crippen molar-refractivity contribution in [1.82, 2.24) is 24.6 Å². The van der Waals surface area contributed by atoms with Crippen molar-refractivity contribution in [3.8, 4) is 17.0 Å². The smallest absolute Gasteiger partial charge is 0.437 e. The predicted octanol–water partition coefficient (Wildman–Crippen LogP) is 1.42. The van der Waals surface area contributed by atoms with Gasteiger partial charge in [0, 0.05) is 31.4 Å². The molecule has 0 unspecified atom stereocenters. The zero-order chi connectivity index (χ0) is 20.2. The molecular weight excluding hydrogens is 377 g/mol. The third-order valence-corrected chi connectivity index (χ3v) is 5.31. The lowest BCUT2D eigenvalue weighted by Gasteiger charge is -2.43. The molecule has 0 radical (unpaired) electrons. The molecule has 0 aliphatic carbocycles. The Morgan fingerprint density at radius 2 is 1.93 bits per heavy atom. The monoisotopic (exact) mass is 398 g/mol. The van der Waals surface area contributed by atoms with Gasteiger partial charge in [0.25, 0.3) is 0 Å². The molecule has 28 heavy (non-hydrogen) atoms. The Kier molecular flexibility index (Phi) is 4.46. The number of halogens is 3. The summed E-state index contributed by atoms with van der Waals surface area (Å²) in [6, 6.07) is -0.186. The molecule has 2 aliphatic rings. The molecule has 2 aliphatic heterocycles. The van der Waals surface area contributed by atoms with Gasteiger partial charge in [-0.2, -0.15) is 18.3 Å². The fraction of sp³-hybridized carbons (Fsp3) is 0.588. The molecule has 2 saturated heterocycles. The Morgan fingerprint density at radius 3 is 2.46 bits per heavy atom. The highest BCUT2D eigenvalue weighted by molar-refractivity contribution is 5.68. The summed E-state index contributed by atoms with van der Waals surface area (Å²) >= 11 is 0. The molecule has 0 aromatic carbocycles. The van der Waals surface area contributed by atoms with Crippen LogP contribution in [0.3, 0.4) is 0 Å². The van der Waals surface area contributed by atoms with E-state index in [1.165, 1.54) is 18.2 Å². The van der Waals surface area contributed by atoms with Crippen LogP contribution in [0, 0.1) is 0 Å². The van der Waals surface area contributed by atoms with Crippen LogP contribution in [-0.4, -0.2) is 75.7 Å². The summed E-state index contributed by atoms with van der Waals surface area (Å²) in [5.74, 6) is -0.521. The summed E-state index contributed by atoms with van der Waals surface area (Å²) in [6.07, 6.45) is -2.17. The van der Waals surface area contributed by atoms with Crippen LogP contribution >= 0.6 is 0 Å². The molecule has 8 nitrogen and oxygen atoms in total. The van der Waals surface area contributed by atoms with E-state index in [9.17, 15) is 18.3 Å². The second-order valence-corrected chi connectivity index (χ2v) is 7.30. The van der Waals surface area contributed by atoms with Crippen LogP contribution in [0.1, 0.15) is 18.7 Å². The quantitative estimate of drug-likeness (QED) is 0.835. The maximum absolute atomic E-state index is 13.6.